The van der Waals surface area contributed by atoms with Crippen molar-refractivity contribution in [2.75, 3.05) is 26.2 Å². The molecule has 0 aromatic heterocycles. The standard InChI is InChI=1S/C19H23N3O3S/c20-19(23)18(17-9-5-2-6-10-17)21-11-13-22(14-12-21)26(24,25)15-16-7-3-1-4-8-16/h1-10,18H,11-15H2,(H2,20,23)/t18-/m0/s1. The Morgan fingerprint density at radius 2 is 1.46 bits per heavy atom. The van der Waals surface area contributed by atoms with Crippen LogP contribution >= 0.6 is 0 Å². The Labute approximate surface area is 154 Å². The van der Waals surface area contributed by atoms with Gasteiger partial charge in [0.15, 0.2) is 0 Å². The fraction of sp³-hybridized carbons (Fsp3) is 0.316. The molecule has 0 spiro atoms. The van der Waals surface area contributed by atoms with Crippen molar-refractivity contribution in [2.45, 2.75) is 11.8 Å². The van der Waals surface area contributed by atoms with Gasteiger partial charge in [-0.05, 0) is 11.1 Å². The SMILES string of the molecule is NC(=O)[C@H](c1ccccc1)N1CCN(S(=O)(=O)Cc2ccccc2)CC1. The quantitative estimate of drug-likeness (QED) is 0.829. The summed E-state index contributed by atoms with van der Waals surface area (Å²) in [5.41, 5.74) is 7.22. The van der Waals surface area contributed by atoms with E-state index in [1.54, 1.807) is 0 Å². The second-order valence-electron chi connectivity index (χ2n) is 6.39. The lowest BCUT2D eigenvalue weighted by molar-refractivity contribution is -0.124. The average molecular weight is 373 g/mol. The number of piperazine rings is 1. The van der Waals surface area contributed by atoms with Crippen LogP contribution in [0, 0.1) is 0 Å². The predicted molar refractivity (Wildman–Crippen MR) is 101 cm³/mol. The van der Waals surface area contributed by atoms with Gasteiger partial charge >= 0.3 is 0 Å². The van der Waals surface area contributed by atoms with Crippen molar-refractivity contribution in [1.29, 1.82) is 0 Å². The first-order chi connectivity index (χ1) is 12.5. The minimum atomic E-state index is -3.38. The van der Waals surface area contributed by atoms with E-state index >= 15 is 0 Å². The number of nitrogens with zero attached hydrogens (tertiary/aromatic N) is 2. The Hall–Kier alpha value is -2.22. The van der Waals surface area contributed by atoms with Gasteiger partial charge in [-0.3, -0.25) is 9.69 Å². The molecule has 138 valence electrons. The summed E-state index contributed by atoms with van der Waals surface area (Å²) < 4.78 is 26.8. The van der Waals surface area contributed by atoms with Crippen LogP contribution in [0.15, 0.2) is 60.7 Å². The van der Waals surface area contributed by atoms with E-state index in [1.807, 2.05) is 65.6 Å². The highest BCUT2D eigenvalue weighted by Gasteiger charge is 2.32. The molecule has 0 saturated carbocycles. The topological polar surface area (TPSA) is 83.7 Å². The van der Waals surface area contributed by atoms with Crippen molar-refractivity contribution in [3.63, 3.8) is 0 Å². The summed E-state index contributed by atoms with van der Waals surface area (Å²) in [6, 6.07) is 18.0. The first kappa shape index (κ1) is 18.6. The number of primary amides is 1. The smallest absolute Gasteiger partial charge is 0.239 e. The minimum absolute atomic E-state index is 0.00816. The van der Waals surface area contributed by atoms with Gasteiger partial charge in [0, 0.05) is 26.2 Å². The third-order valence-corrected chi connectivity index (χ3v) is 6.46. The van der Waals surface area contributed by atoms with Gasteiger partial charge in [-0.15, -0.1) is 0 Å². The molecule has 0 unspecified atom stereocenters. The van der Waals surface area contributed by atoms with Crippen LogP contribution in [0.2, 0.25) is 0 Å². The molecule has 6 nitrogen and oxygen atoms in total. The lowest BCUT2D eigenvalue weighted by atomic mass is 10.0. The number of sulfonamides is 1. The molecule has 1 heterocycles. The molecule has 0 bridgehead atoms. The highest BCUT2D eigenvalue weighted by Crippen LogP contribution is 2.23. The molecule has 0 radical (unpaired) electrons. The average Bonchev–Trinajstić information content (AvgIpc) is 2.63. The highest BCUT2D eigenvalue weighted by atomic mass is 32.2. The Kier molecular flexibility index (Phi) is 5.70. The van der Waals surface area contributed by atoms with Gasteiger partial charge < -0.3 is 5.73 Å². The second kappa shape index (κ2) is 7.99. The summed E-state index contributed by atoms with van der Waals surface area (Å²) in [7, 11) is -3.38. The van der Waals surface area contributed by atoms with Crippen LogP contribution in [-0.4, -0.2) is 49.7 Å². The second-order valence-corrected chi connectivity index (χ2v) is 8.36. The Bertz CT molecular complexity index is 833. The maximum atomic E-state index is 12.7. The van der Waals surface area contributed by atoms with Gasteiger partial charge in [0.05, 0.1) is 5.75 Å². The molecule has 1 amide bonds. The molecule has 2 aromatic carbocycles. The lowest BCUT2D eigenvalue weighted by Crippen LogP contribution is -2.52. The zero-order valence-corrected chi connectivity index (χ0v) is 15.3. The monoisotopic (exact) mass is 373 g/mol. The summed E-state index contributed by atoms with van der Waals surface area (Å²) in [6.07, 6.45) is 0. The number of carbonyl (C=O) groups excluding carboxylic acids is 1. The molecule has 0 aliphatic carbocycles. The van der Waals surface area contributed by atoms with Gasteiger partial charge in [-0.25, -0.2) is 8.42 Å². The molecule has 1 saturated heterocycles. The van der Waals surface area contributed by atoms with Crippen LogP contribution in [0.3, 0.4) is 0 Å². The van der Waals surface area contributed by atoms with Gasteiger partial charge in [-0.2, -0.15) is 4.31 Å². The molecule has 1 atom stereocenters. The van der Waals surface area contributed by atoms with Crippen molar-refractivity contribution >= 4 is 15.9 Å². The van der Waals surface area contributed by atoms with E-state index < -0.39 is 22.0 Å². The van der Waals surface area contributed by atoms with E-state index in [-0.39, 0.29) is 5.75 Å². The third kappa shape index (κ3) is 4.30. The van der Waals surface area contributed by atoms with E-state index in [1.165, 1.54) is 4.31 Å². The summed E-state index contributed by atoms with van der Waals surface area (Å²) in [6.45, 7) is 1.64. The zero-order chi connectivity index (χ0) is 18.6. The number of amides is 1. The Morgan fingerprint density at radius 3 is 2.00 bits per heavy atom. The van der Waals surface area contributed by atoms with Crippen molar-refractivity contribution in [1.82, 2.24) is 9.21 Å². The zero-order valence-electron chi connectivity index (χ0n) is 14.5. The molecule has 2 N–H and O–H groups in total. The lowest BCUT2D eigenvalue weighted by Gasteiger charge is -2.37. The van der Waals surface area contributed by atoms with E-state index in [2.05, 4.69) is 0 Å². The van der Waals surface area contributed by atoms with Crippen LogP contribution < -0.4 is 5.73 Å². The fourth-order valence-electron chi connectivity index (χ4n) is 3.31. The van der Waals surface area contributed by atoms with Crippen LogP contribution in [0.5, 0.6) is 0 Å². The number of carbonyl (C=O) groups is 1. The predicted octanol–water partition coefficient (Wildman–Crippen LogP) is 1.36. The number of benzene rings is 2. The molecule has 3 rings (SSSR count). The van der Waals surface area contributed by atoms with E-state index in [0.29, 0.717) is 26.2 Å². The number of rotatable bonds is 6. The summed E-state index contributed by atoms with van der Waals surface area (Å²) >= 11 is 0. The fourth-order valence-corrected chi connectivity index (χ4v) is 4.82. The highest BCUT2D eigenvalue weighted by molar-refractivity contribution is 7.88. The molecule has 2 aromatic rings. The maximum Gasteiger partial charge on any atom is 0.239 e. The first-order valence-electron chi connectivity index (χ1n) is 8.57. The van der Waals surface area contributed by atoms with Crippen molar-refractivity contribution in [2.24, 2.45) is 5.73 Å². The van der Waals surface area contributed by atoms with Crippen LogP contribution in [0.4, 0.5) is 0 Å². The van der Waals surface area contributed by atoms with Crippen LogP contribution in [0.1, 0.15) is 17.2 Å². The Morgan fingerprint density at radius 1 is 0.923 bits per heavy atom. The van der Waals surface area contributed by atoms with Gasteiger partial charge in [0.25, 0.3) is 0 Å². The molecular weight excluding hydrogens is 350 g/mol. The van der Waals surface area contributed by atoms with Crippen molar-refractivity contribution < 1.29 is 13.2 Å². The molecule has 26 heavy (non-hydrogen) atoms. The van der Waals surface area contributed by atoms with E-state index in [9.17, 15) is 13.2 Å². The molecular formula is C19H23N3O3S. The largest absolute Gasteiger partial charge is 0.368 e. The van der Waals surface area contributed by atoms with E-state index in [0.717, 1.165) is 11.1 Å². The molecule has 1 aliphatic rings. The van der Waals surface area contributed by atoms with Crippen molar-refractivity contribution in [3.05, 3.63) is 71.8 Å². The van der Waals surface area contributed by atoms with Gasteiger partial charge in [-0.1, -0.05) is 60.7 Å². The number of nitrogens with two attached hydrogens (primary N) is 1. The van der Waals surface area contributed by atoms with Gasteiger partial charge in [0.1, 0.15) is 6.04 Å². The molecule has 7 heteroatoms. The summed E-state index contributed by atoms with van der Waals surface area (Å²) in [5, 5.41) is 0. The number of hydrogen-bond donors (Lipinski definition) is 1. The van der Waals surface area contributed by atoms with Crippen LogP contribution in [-0.2, 0) is 20.6 Å². The van der Waals surface area contributed by atoms with Gasteiger partial charge in [0.2, 0.25) is 15.9 Å². The van der Waals surface area contributed by atoms with Crippen molar-refractivity contribution in [3.8, 4) is 0 Å². The number of hydrogen-bond acceptors (Lipinski definition) is 4. The first-order valence-corrected chi connectivity index (χ1v) is 10.2. The molecule has 1 aliphatic heterocycles. The minimum Gasteiger partial charge on any atom is -0.368 e. The summed E-state index contributed by atoms with van der Waals surface area (Å²) in [4.78, 5) is 13.9. The normalized spacial score (nSPS) is 17.7. The van der Waals surface area contributed by atoms with Crippen LogP contribution in [0.25, 0.3) is 0 Å². The third-order valence-electron chi connectivity index (χ3n) is 4.61. The maximum absolute atomic E-state index is 12.7. The summed E-state index contributed by atoms with van der Waals surface area (Å²) in [5.74, 6) is -0.428. The van der Waals surface area contributed by atoms with E-state index in [4.69, 9.17) is 5.73 Å². The Balaban J connectivity index is 1.67. The molecule has 1 fully saturated rings.